The van der Waals surface area contributed by atoms with Crippen molar-refractivity contribution in [3.8, 4) is 0 Å². The number of carbonyl (C=O) groups excluding carboxylic acids is 1. The topological polar surface area (TPSA) is 65.5 Å². The lowest BCUT2D eigenvalue weighted by Gasteiger charge is -2.36. The maximum atomic E-state index is 12.2. The van der Waals surface area contributed by atoms with Crippen LogP contribution in [0.25, 0.3) is 0 Å². The van der Waals surface area contributed by atoms with E-state index in [4.69, 9.17) is 0 Å². The summed E-state index contributed by atoms with van der Waals surface area (Å²) in [6.45, 7) is 0.380. The fraction of sp³-hybridized carbons (Fsp3) is 0.571. The summed E-state index contributed by atoms with van der Waals surface area (Å²) in [6, 6.07) is 4.44. The molecule has 2 atom stereocenters. The lowest BCUT2D eigenvalue weighted by Crippen LogP contribution is -2.54. The number of hydrogen-bond acceptors (Lipinski definition) is 4. The van der Waals surface area contributed by atoms with Gasteiger partial charge < -0.3 is 15.3 Å². The minimum atomic E-state index is -4.20. The maximum Gasteiger partial charge on any atom is 0.390 e. The first kappa shape index (κ1) is 16.7. The van der Waals surface area contributed by atoms with Gasteiger partial charge in [-0.3, -0.25) is 9.78 Å². The Kier molecular flexibility index (Phi) is 5.36. The molecule has 1 aliphatic rings. The second-order valence-electron chi connectivity index (χ2n) is 5.32. The van der Waals surface area contributed by atoms with Crippen molar-refractivity contribution >= 4 is 5.91 Å². The predicted octanol–water partition coefficient (Wildman–Crippen LogP) is 1.20. The molecule has 1 aromatic rings. The molecule has 1 fully saturated rings. The number of rotatable bonds is 4. The molecular weight excluding hydrogens is 299 g/mol. The first-order valence-electron chi connectivity index (χ1n) is 7.04. The normalized spacial score (nSPS) is 23.3. The molecule has 2 heterocycles. The Morgan fingerprint density at radius 1 is 1.45 bits per heavy atom. The highest BCUT2D eigenvalue weighted by Crippen LogP contribution is 2.21. The standard InChI is InChI=1S/C14H18F3N3O2/c15-14(16,17)5-8-20-7-4-10(12(21)9-20)19-13(22)11-3-1-2-6-18-11/h1-3,6,10,12,21H,4-5,7-9H2,(H,19,22)/t10-,12-/m0/s1. The van der Waals surface area contributed by atoms with Crippen LogP contribution >= 0.6 is 0 Å². The molecule has 0 spiro atoms. The minimum absolute atomic E-state index is 0.114. The van der Waals surface area contributed by atoms with Gasteiger partial charge in [-0.05, 0) is 18.6 Å². The summed E-state index contributed by atoms with van der Waals surface area (Å²) >= 11 is 0. The van der Waals surface area contributed by atoms with Crippen LogP contribution in [0.1, 0.15) is 23.3 Å². The molecule has 8 heteroatoms. The largest absolute Gasteiger partial charge is 0.390 e. The van der Waals surface area contributed by atoms with Crippen LogP contribution in [0.5, 0.6) is 0 Å². The van der Waals surface area contributed by atoms with Gasteiger partial charge in [0.15, 0.2) is 0 Å². The van der Waals surface area contributed by atoms with Gasteiger partial charge in [0.1, 0.15) is 5.69 Å². The third-order valence-corrected chi connectivity index (χ3v) is 3.59. The first-order valence-corrected chi connectivity index (χ1v) is 7.04. The highest BCUT2D eigenvalue weighted by molar-refractivity contribution is 5.92. The Morgan fingerprint density at radius 2 is 2.23 bits per heavy atom. The Labute approximate surface area is 126 Å². The van der Waals surface area contributed by atoms with E-state index in [1.54, 1.807) is 23.1 Å². The molecule has 0 aromatic carbocycles. The number of aliphatic hydroxyl groups excluding tert-OH is 1. The smallest absolute Gasteiger partial charge is 0.390 e. The molecule has 0 radical (unpaired) electrons. The summed E-state index contributed by atoms with van der Waals surface area (Å²) in [7, 11) is 0. The lowest BCUT2D eigenvalue weighted by molar-refractivity contribution is -0.139. The van der Waals surface area contributed by atoms with Gasteiger partial charge >= 0.3 is 6.18 Å². The number of alkyl halides is 3. The van der Waals surface area contributed by atoms with E-state index in [2.05, 4.69) is 10.3 Å². The average Bonchev–Trinajstić information content (AvgIpc) is 2.47. The number of aromatic nitrogens is 1. The quantitative estimate of drug-likeness (QED) is 0.876. The van der Waals surface area contributed by atoms with Crippen LogP contribution in [0.4, 0.5) is 13.2 Å². The lowest BCUT2D eigenvalue weighted by atomic mass is 10.0. The third kappa shape index (κ3) is 4.96. The molecule has 1 amide bonds. The molecule has 0 aliphatic carbocycles. The Bertz CT molecular complexity index is 496. The van der Waals surface area contributed by atoms with E-state index in [0.717, 1.165) is 0 Å². The van der Waals surface area contributed by atoms with E-state index in [9.17, 15) is 23.1 Å². The second-order valence-corrected chi connectivity index (χ2v) is 5.32. The van der Waals surface area contributed by atoms with E-state index in [-0.39, 0.29) is 18.8 Å². The zero-order valence-electron chi connectivity index (χ0n) is 11.9. The number of hydrogen-bond donors (Lipinski definition) is 2. The van der Waals surface area contributed by atoms with Crippen molar-refractivity contribution in [3.63, 3.8) is 0 Å². The van der Waals surface area contributed by atoms with Gasteiger partial charge in [-0.25, -0.2) is 0 Å². The minimum Gasteiger partial charge on any atom is -0.390 e. The Morgan fingerprint density at radius 3 is 2.82 bits per heavy atom. The van der Waals surface area contributed by atoms with Gasteiger partial charge in [0.25, 0.3) is 5.91 Å². The van der Waals surface area contributed by atoms with E-state index in [1.165, 1.54) is 6.20 Å². The van der Waals surface area contributed by atoms with E-state index >= 15 is 0 Å². The number of β-amino-alcohol motifs (C(OH)–C–C–N with tert-alkyl or cyclic N) is 1. The number of amides is 1. The second kappa shape index (κ2) is 7.06. The van der Waals surface area contributed by atoms with Gasteiger partial charge in [0.2, 0.25) is 0 Å². The molecule has 0 unspecified atom stereocenters. The number of piperidine rings is 1. The SMILES string of the molecule is O=C(N[C@H]1CCN(CCC(F)(F)F)C[C@@H]1O)c1ccccn1. The first-order chi connectivity index (χ1) is 10.3. The maximum absolute atomic E-state index is 12.2. The molecule has 122 valence electrons. The van der Waals surface area contributed by atoms with Gasteiger partial charge in [0, 0.05) is 25.8 Å². The monoisotopic (exact) mass is 317 g/mol. The Hall–Kier alpha value is -1.67. The van der Waals surface area contributed by atoms with E-state index in [0.29, 0.717) is 13.0 Å². The van der Waals surface area contributed by atoms with Crippen molar-refractivity contribution in [1.82, 2.24) is 15.2 Å². The van der Waals surface area contributed by atoms with Crippen LogP contribution < -0.4 is 5.32 Å². The van der Waals surface area contributed by atoms with Crippen LogP contribution in [0.15, 0.2) is 24.4 Å². The summed E-state index contributed by atoms with van der Waals surface area (Å²) in [5, 5.41) is 12.7. The summed E-state index contributed by atoms with van der Waals surface area (Å²) in [6.07, 6.45) is -4.10. The third-order valence-electron chi connectivity index (χ3n) is 3.59. The van der Waals surface area contributed by atoms with Gasteiger partial charge in [-0.2, -0.15) is 13.2 Å². The summed E-state index contributed by atoms with van der Waals surface area (Å²) in [4.78, 5) is 17.4. The molecule has 2 N–H and O–H groups in total. The van der Waals surface area contributed by atoms with Gasteiger partial charge in [-0.1, -0.05) is 6.07 Å². The van der Waals surface area contributed by atoms with Crippen LogP contribution in [0.2, 0.25) is 0 Å². The van der Waals surface area contributed by atoms with Gasteiger partial charge in [0.05, 0.1) is 18.6 Å². The highest BCUT2D eigenvalue weighted by Gasteiger charge is 2.32. The summed E-state index contributed by atoms with van der Waals surface area (Å²) < 4.78 is 36.6. The van der Waals surface area contributed by atoms with Crippen LogP contribution in [0, 0.1) is 0 Å². The zero-order chi connectivity index (χ0) is 16.2. The Balaban J connectivity index is 1.82. The number of halogens is 3. The van der Waals surface area contributed by atoms with Crippen LogP contribution in [-0.2, 0) is 0 Å². The van der Waals surface area contributed by atoms with E-state index < -0.39 is 30.7 Å². The highest BCUT2D eigenvalue weighted by atomic mass is 19.4. The van der Waals surface area contributed by atoms with Crippen molar-refractivity contribution in [2.45, 2.75) is 31.2 Å². The number of carbonyl (C=O) groups is 1. The predicted molar refractivity (Wildman–Crippen MR) is 73.2 cm³/mol. The summed E-state index contributed by atoms with van der Waals surface area (Å²) in [5.41, 5.74) is 0.245. The zero-order valence-corrected chi connectivity index (χ0v) is 11.9. The molecule has 1 saturated heterocycles. The average molecular weight is 317 g/mol. The van der Waals surface area contributed by atoms with Crippen molar-refractivity contribution in [2.24, 2.45) is 0 Å². The van der Waals surface area contributed by atoms with Gasteiger partial charge in [-0.15, -0.1) is 0 Å². The number of pyridine rings is 1. The number of likely N-dealkylation sites (tertiary alicyclic amines) is 1. The van der Waals surface area contributed by atoms with E-state index in [1.807, 2.05) is 0 Å². The number of aliphatic hydroxyl groups is 1. The van der Waals surface area contributed by atoms with Crippen LogP contribution in [0.3, 0.4) is 0 Å². The number of nitrogens with zero attached hydrogens (tertiary/aromatic N) is 2. The fourth-order valence-corrected chi connectivity index (χ4v) is 2.39. The van der Waals surface area contributed by atoms with Crippen molar-refractivity contribution in [2.75, 3.05) is 19.6 Å². The van der Waals surface area contributed by atoms with Crippen molar-refractivity contribution in [3.05, 3.63) is 30.1 Å². The van der Waals surface area contributed by atoms with Crippen molar-refractivity contribution in [1.29, 1.82) is 0 Å². The summed E-state index contributed by atoms with van der Waals surface area (Å²) in [5.74, 6) is -0.395. The molecule has 22 heavy (non-hydrogen) atoms. The molecular formula is C14H18F3N3O2. The molecule has 0 saturated carbocycles. The molecule has 2 rings (SSSR count). The number of nitrogens with one attached hydrogen (secondary N) is 1. The molecule has 0 bridgehead atoms. The van der Waals surface area contributed by atoms with Crippen molar-refractivity contribution < 1.29 is 23.1 Å². The fourth-order valence-electron chi connectivity index (χ4n) is 2.39. The molecule has 5 nitrogen and oxygen atoms in total. The molecule has 1 aliphatic heterocycles. The molecule has 1 aromatic heterocycles. The van der Waals surface area contributed by atoms with Crippen LogP contribution in [-0.4, -0.2) is 58.9 Å².